The van der Waals surface area contributed by atoms with E-state index in [1.165, 1.54) is 27.6 Å². The number of carbonyl (C=O) groups is 1. The molecule has 0 aliphatic carbocycles. The van der Waals surface area contributed by atoms with Crippen molar-refractivity contribution in [2.24, 2.45) is 0 Å². The van der Waals surface area contributed by atoms with Crippen LogP contribution in [-0.4, -0.2) is 45.1 Å². The molecule has 0 atom stereocenters. The monoisotopic (exact) mass is 395 g/mol. The number of amides is 1. The average Bonchev–Trinajstić information content (AvgIpc) is 3.12. The van der Waals surface area contributed by atoms with Gasteiger partial charge in [-0.05, 0) is 41.8 Å². The zero-order valence-electron chi connectivity index (χ0n) is 15.5. The largest absolute Gasteiger partial charge is 0.497 e. The van der Waals surface area contributed by atoms with E-state index >= 15 is 0 Å². The molecule has 28 heavy (non-hydrogen) atoms. The quantitative estimate of drug-likeness (QED) is 0.527. The van der Waals surface area contributed by atoms with Crippen LogP contribution >= 0.6 is 11.8 Å². The Kier molecular flexibility index (Phi) is 5.21. The molecule has 2 aromatic carbocycles. The Morgan fingerprint density at radius 3 is 2.64 bits per heavy atom. The molecule has 0 unspecified atom stereocenters. The van der Waals surface area contributed by atoms with Gasteiger partial charge < -0.3 is 15.5 Å². The van der Waals surface area contributed by atoms with Crippen LogP contribution < -0.4 is 10.6 Å². The smallest absolute Gasteiger partial charge is 0.233 e. The molecule has 1 aromatic heterocycles. The van der Waals surface area contributed by atoms with Gasteiger partial charge in [0.2, 0.25) is 11.1 Å². The molecule has 0 saturated heterocycles. The predicted octanol–water partition coefficient (Wildman–Crippen LogP) is 2.34. The fraction of sp³-hybridized carbons (Fsp3) is 0.250. The number of hydrogen-bond acceptors (Lipinski definition) is 6. The zero-order chi connectivity index (χ0) is 19.5. The number of nitrogens with zero attached hydrogens (tertiary/aromatic N) is 4. The maximum Gasteiger partial charge on any atom is 0.233 e. The average molecular weight is 395 g/mol. The van der Waals surface area contributed by atoms with Crippen molar-refractivity contribution in [1.29, 1.82) is 0 Å². The van der Waals surface area contributed by atoms with Gasteiger partial charge in [0.15, 0.2) is 5.82 Å². The molecule has 8 heteroatoms. The van der Waals surface area contributed by atoms with Gasteiger partial charge in [-0.1, -0.05) is 36.0 Å². The first kappa shape index (κ1) is 18.4. The Bertz CT molecular complexity index is 987. The van der Waals surface area contributed by atoms with Crippen LogP contribution in [0.1, 0.15) is 11.1 Å². The van der Waals surface area contributed by atoms with E-state index in [1.54, 1.807) is 7.11 Å². The molecule has 2 N–H and O–H groups in total. The standard InChI is InChI=1S/C20H21N5O2S/c1-27-17-8-6-15(7-9-17)19-22-23-20(25(19)21)28-13-18(26)24-11-10-14-4-2-3-5-16(14)12-24/h2-9H,10-13,21H2,1H3. The van der Waals surface area contributed by atoms with E-state index in [2.05, 4.69) is 22.3 Å². The number of ether oxygens (including phenoxy) is 1. The number of nitrogen functional groups attached to an aromatic ring is 1. The molecule has 4 rings (SSSR count). The molecule has 2 heterocycles. The number of hydrogen-bond donors (Lipinski definition) is 1. The van der Waals surface area contributed by atoms with Crippen molar-refractivity contribution in [2.75, 3.05) is 25.3 Å². The van der Waals surface area contributed by atoms with Crippen LogP contribution in [0.25, 0.3) is 11.4 Å². The minimum Gasteiger partial charge on any atom is -0.497 e. The molecule has 3 aromatic rings. The van der Waals surface area contributed by atoms with Crippen molar-refractivity contribution < 1.29 is 9.53 Å². The minimum absolute atomic E-state index is 0.0773. The molecule has 1 aliphatic rings. The third-order valence-corrected chi connectivity index (χ3v) is 5.75. The van der Waals surface area contributed by atoms with Gasteiger partial charge in [-0.2, -0.15) is 0 Å². The molecule has 0 spiro atoms. The molecule has 1 amide bonds. The summed E-state index contributed by atoms with van der Waals surface area (Å²) in [5.74, 6) is 7.81. The fourth-order valence-electron chi connectivity index (χ4n) is 3.24. The normalized spacial score (nSPS) is 13.2. The van der Waals surface area contributed by atoms with Gasteiger partial charge in [0.25, 0.3) is 0 Å². The SMILES string of the molecule is COc1ccc(-c2nnc(SCC(=O)N3CCc4ccccc4C3)n2N)cc1. The molecule has 144 valence electrons. The van der Waals surface area contributed by atoms with E-state index in [0.29, 0.717) is 17.5 Å². The number of rotatable bonds is 5. The van der Waals surface area contributed by atoms with Crippen molar-refractivity contribution in [3.63, 3.8) is 0 Å². The maximum absolute atomic E-state index is 12.6. The highest BCUT2D eigenvalue weighted by Gasteiger charge is 2.21. The summed E-state index contributed by atoms with van der Waals surface area (Å²) in [5.41, 5.74) is 3.38. The van der Waals surface area contributed by atoms with Crippen LogP contribution in [0.15, 0.2) is 53.7 Å². The Morgan fingerprint density at radius 1 is 1.14 bits per heavy atom. The number of benzene rings is 2. The number of aromatic nitrogens is 3. The number of thioether (sulfide) groups is 1. The lowest BCUT2D eigenvalue weighted by atomic mass is 10.00. The highest BCUT2D eigenvalue weighted by molar-refractivity contribution is 7.99. The summed E-state index contributed by atoms with van der Waals surface area (Å²) >= 11 is 1.30. The van der Waals surface area contributed by atoms with Crippen LogP contribution in [0, 0.1) is 0 Å². The Balaban J connectivity index is 1.40. The molecule has 0 fully saturated rings. The van der Waals surface area contributed by atoms with Gasteiger partial charge >= 0.3 is 0 Å². The third kappa shape index (κ3) is 3.68. The summed E-state index contributed by atoms with van der Waals surface area (Å²) in [6.07, 6.45) is 0.890. The van der Waals surface area contributed by atoms with E-state index in [9.17, 15) is 4.79 Å². The van der Waals surface area contributed by atoms with Crippen LogP contribution in [0.5, 0.6) is 5.75 Å². The lowest BCUT2D eigenvalue weighted by Gasteiger charge is -2.28. The third-order valence-electron chi connectivity index (χ3n) is 4.82. The van der Waals surface area contributed by atoms with Gasteiger partial charge in [-0.3, -0.25) is 4.79 Å². The summed E-state index contributed by atoms with van der Waals surface area (Å²) in [6.45, 7) is 1.39. The van der Waals surface area contributed by atoms with E-state index in [-0.39, 0.29) is 11.7 Å². The molecule has 7 nitrogen and oxygen atoms in total. The summed E-state index contributed by atoms with van der Waals surface area (Å²) in [5, 5.41) is 8.81. The Morgan fingerprint density at radius 2 is 1.89 bits per heavy atom. The second kappa shape index (κ2) is 7.93. The lowest BCUT2D eigenvalue weighted by molar-refractivity contribution is -0.129. The first-order chi connectivity index (χ1) is 13.7. The zero-order valence-corrected chi connectivity index (χ0v) is 16.4. The fourth-order valence-corrected chi connectivity index (χ4v) is 4.00. The molecule has 0 bridgehead atoms. The molecule has 0 radical (unpaired) electrons. The highest BCUT2D eigenvalue weighted by Crippen LogP contribution is 2.25. The van der Waals surface area contributed by atoms with Gasteiger partial charge in [0.1, 0.15) is 5.75 Å². The van der Waals surface area contributed by atoms with Crippen molar-refractivity contribution in [2.45, 2.75) is 18.1 Å². The van der Waals surface area contributed by atoms with Crippen molar-refractivity contribution in [3.8, 4) is 17.1 Å². The summed E-state index contributed by atoms with van der Waals surface area (Å²) in [6, 6.07) is 15.7. The van der Waals surface area contributed by atoms with Crippen molar-refractivity contribution >= 4 is 17.7 Å². The van der Waals surface area contributed by atoms with E-state index in [1.807, 2.05) is 41.3 Å². The van der Waals surface area contributed by atoms with Gasteiger partial charge in [0.05, 0.1) is 12.9 Å². The van der Waals surface area contributed by atoms with Crippen molar-refractivity contribution in [3.05, 3.63) is 59.7 Å². The summed E-state index contributed by atoms with van der Waals surface area (Å²) in [7, 11) is 1.62. The second-order valence-corrected chi connectivity index (χ2v) is 7.47. The molecular formula is C20H21N5O2S. The van der Waals surface area contributed by atoms with Crippen LogP contribution in [0.3, 0.4) is 0 Å². The topological polar surface area (TPSA) is 86.3 Å². The highest BCUT2D eigenvalue weighted by atomic mass is 32.2. The number of fused-ring (bicyclic) bond motifs is 1. The van der Waals surface area contributed by atoms with Crippen LogP contribution in [-0.2, 0) is 17.8 Å². The van der Waals surface area contributed by atoms with Gasteiger partial charge in [0, 0.05) is 18.7 Å². The minimum atomic E-state index is 0.0773. The first-order valence-electron chi connectivity index (χ1n) is 8.98. The maximum atomic E-state index is 12.6. The summed E-state index contributed by atoms with van der Waals surface area (Å²) in [4.78, 5) is 14.5. The van der Waals surface area contributed by atoms with E-state index in [4.69, 9.17) is 10.6 Å². The van der Waals surface area contributed by atoms with Crippen LogP contribution in [0.2, 0.25) is 0 Å². The summed E-state index contributed by atoms with van der Waals surface area (Å²) < 4.78 is 6.59. The van der Waals surface area contributed by atoms with E-state index < -0.39 is 0 Å². The van der Waals surface area contributed by atoms with Crippen LogP contribution in [0.4, 0.5) is 0 Å². The Hall–Kier alpha value is -3.00. The Labute approximate surface area is 167 Å². The van der Waals surface area contributed by atoms with Gasteiger partial charge in [-0.15, -0.1) is 10.2 Å². The first-order valence-corrected chi connectivity index (χ1v) is 9.96. The number of methoxy groups -OCH3 is 1. The lowest BCUT2D eigenvalue weighted by Crippen LogP contribution is -2.37. The predicted molar refractivity (Wildman–Crippen MR) is 108 cm³/mol. The molecule has 1 aliphatic heterocycles. The number of carbonyl (C=O) groups excluding carboxylic acids is 1. The second-order valence-electron chi connectivity index (χ2n) is 6.53. The van der Waals surface area contributed by atoms with Crippen molar-refractivity contribution in [1.82, 2.24) is 19.8 Å². The molecule has 0 saturated carbocycles. The number of nitrogens with two attached hydrogens (primary N) is 1. The van der Waals surface area contributed by atoms with E-state index in [0.717, 1.165) is 24.3 Å². The molecular weight excluding hydrogens is 374 g/mol. The van der Waals surface area contributed by atoms with Gasteiger partial charge in [-0.25, -0.2) is 4.68 Å².